The molecule has 10 heteroatoms. The first-order valence-electron chi connectivity index (χ1n) is 10.7. The summed E-state index contributed by atoms with van der Waals surface area (Å²) in [5, 5.41) is 23.7. The molecule has 0 bridgehead atoms. The summed E-state index contributed by atoms with van der Waals surface area (Å²) in [4.78, 5) is 51.3. The molecule has 1 aliphatic rings. The van der Waals surface area contributed by atoms with Gasteiger partial charge >= 0.3 is 5.97 Å². The highest BCUT2D eigenvalue weighted by molar-refractivity contribution is 5.94. The van der Waals surface area contributed by atoms with Crippen molar-refractivity contribution in [2.75, 3.05) is 13.2 Å². The van der Waals surface area contributed by atoms with Crippen molar-refractivity contribution in [3.05, 3.63) is 35.9 Å². The van der Waals surface area contributed by atoms with E-state index in [2.05, 4.69) is 10.6 Å². The Hall–Kier alpha value is -2.98. The zero-order valence-corrected chi connectivity index (χ0v) is 18.4. The molecule has 1 aromatic carbocycles. The molecule has 1 heterocycles. The van der Waals surface area contributed by atoms with Crippen LogP contribution in [0.3, 0.4) is 0 Å². The zero-order valence-electron chi connectivity index (χ0n) is 18.4. The molecule has 2 rings (SSSR count). The molecule has 1 fully saturated rings. The van der Waals surface area contributed by atoms with E-state index in [4.69, 9.17) is 10.8 Å². The smallest absolute Gasteiger partial charge is 0.326 e. The number of carbonyl (C=O) groups excluding carboxylic acids is 3. The zero-order chi connectivity index (χ0) is 23.8. The van der Waals surface area contributed by atoms with Crippen LogP contribution in [0.15, 0.2) is 30.3 Å². The highest BCUT2D eigenvalue weighted by atomic mass is 16.4. The third-order valence-electron chi connectivity index (χ3n) is 5.50. The Morgan fingerprint density at radius 1 is 1.16 bits per heavy atom. The number of amides is 3. The maximum Gasteiger partial charge on any atom is 0.326 e. The fourth-order valence-electron chi connectivity index (χ4n) is 3.66. The molecular weight excluding hydrogens is 416 g/mol. The SMILES string of the molecule is CC(C)C(NC(=O)C(N)CO)C(=O)N1CCCC1C(=O)NC(Cc1ccccc1)C(=O)O. The number of nitrogens with zero attached hydrogens (tertiary/aromatic N) is 1. The predicted octanol–water partition coefficient (Wildman–Crippen LogP) is -0.750. The van der Waals surface area contributed by atoms with E-state index in [1.165, 1.54) is 4.90 Å². The van der Waals surface area contributed by atoms with Crippen LogP contribution < -0.4 is 16.4 Å². The van der Waals surface area contributed by atoms with Crippen LogP contribution in [0.4, 0.5) is 0 Å². The molecule has 6 N–H and O–H groups in total. The van der Waals surface area contributed by atoms with Gasteiger partial charge in [0.2, 0.25) is 17.7 Å². The van der Waals surface area contributed by atoms with Gasteiger partial charge in [-0.15, -0.1) is 0 Å². The molecule has 0 saturated carbocycles. The summed E-state index contributed by atoms with van der Waals surface area (Å²) in [6.45, 7) is 3.26. The van der Waals surface area contributed by atoms with Crippen LogP contribution in [0.2, 0.25) is 0 Å². The van der Waals surface area contributed by atoms with Gasteiger partial charge < -0.3 is 31.5 Å². The van der Waals surface area contributed by atoms with Crippen molar-refractivity contribution in [3.63, 3.8) is 0 Å². The molecular formula is C22H32N4O6. The van der Waals surface area contributed by atoms with Gasteiger partial charge in [0.25, 0.3) is 0 Å². The van der Waals surface area contributed by atoms with E-state index in [0.717, 1.165) is 5.56 Å². The van der Waals surface area contributed by atoms with Gasteiger partial charge in [-0.3, -0.25) is 14.4 Å². The molecule has 1 aliphatic heterocycles. The van der Waals surface area contributed by atoms with Crippen LogP contribution in [0.5, 0.6) is 0 Å². The van der Waals surface area contributed by atoms with Gasteiger partial charge in [-0.05, 0) is 24.3 Å². The number of hydrogen-bond acceptors (Lipinski definition) is 6. The lowest BCUT2D eigenvalue weighted by molar-refractivity contribution is -0.145. The van der Waals surface area contributed by atoms with Gasteiger partial charge in [-0.2, -0.15) is 0 Å². The number of aliphatic hydroxyl groups is 1. The van der Waals surface area contributed by atoms with Gasteiger partial charge in [0.05, 0.1) is 6.61 Å². The minimum Gasteiger partial charge on any atom is -0.480 e. The van der Waals surface area contributed by atoms with Crippen molar-refractivity contribution in [2.24, 2.45) is 11.7 Å². The minimum absolute atomic E-state index is 0.117. The third kappa shape index (κ3) is 6.51. The van der Waals surface area contributed by atoms with Gasteiger partial charge in [0.1, 0.15) is 24.2 Å². The van der Waals surface area contributed by atoms with Gasteiger partial charge in [0, 0.05) is 13.0 Å². The quantitative estimate of drug-likeness (QED) is 0.314. The molecule has 0 aromatic heterocycles. The lowest BCUT2D eigenvalue weighted by atomic mass is 10.0. The molecule has 10 nitrogen and oxygen atoms in total. The largest absolute Gasteiger partial charge is 0.480 e. The number of carboxylic acid groups (broad SMARTS) is 1. The number of benzene rings is 1. The van der Waals surface area contributed by atoms with Crippen molar-refractivity contribution in [2.45, 2.75) is 57.3 Å². The molecule has 176 valence electrons. The summed E-state index contributed by atoms with van der Waals surface area (Å²) >= 11 is 0. The Labute approximate surface area is 187 Å². The lowest BCUT2D eigenvalue weighted by Gasteiger charge is -2.31. The molecule has 0 radical (unpaired) electrons. The second-order valence-corrected chi connectivity index (χ2v) is 8.30. The summed E-state index contributed by atoms with van der Waals surface area (Å²) in [6, 6.07) is 4.91. The molecule has 4 atom stereocenters. The number of nitrogens with two attached hydrogens (primary N) is 1. The first-order chi connectivity index (χ1) is 15.1. The first-order valence-corrected chi connectivity index (χ1v) is 10.7. The van der Waals surface area contributed by atoms with Crippen LogP contribution in [0.25, 0.3) is 0 Å². The van der Waals surface area contributed by atoms with Crippen molar-refractivity contribution >= 4 is 23.7 Å². The molecule has 0 spiro atoms. The van der Waals surface area contributed by atoms with Crippen LogP contribution >= 0.6 is 0 Å². The number of hydrogen-bond donors (Lipinski definition) is 5. The van der Waals surface area contributed by atoms with E-state index in [1.807, 2.05) is 6.07 Å². The summed E-state index contributed by atoms with van der Waals surface area (Å²) in [6.07, 6.45) is 1.09. The fourth-order valence-corrected chi connectivity index (χ4v) is 3.66. The van der Waals surface area contributed by atoms with Crippen LogP contribution in [-0.4, -0.2) is 76.1 Å². The highest BCUT2D eigenvalue weighted by Gasteiger charge is 2.40. The Bertz CT molecular complexity index is 816. The second kappa shape index (κ2) is 11.6. The lowest BCUT2D eigenvalue weighted by Crippen LogP contribution is -2.58. The van der Waals surface area contributed by atoms with Crippen molar-refractivity contribution in [1.29, 1.82) is 0 Å². The number of nitrogens with one attached hydrogen (secondary N) is 2. The van der Waals surface area contributed by atoms with Gasteiger partial charge in [-0.1, -0.05) is 44.2 Å². The number of carbonyl (C=O) groups is 4. The maximum absolute atomic E-state index is 13.2. The molecule has 0 aliphatic carbocycles. The van der Waals surface area contributed by atoms with Gasteiger partial charge in [0.15, 0.2) is 0 Å². The van der Waals surface area contributed by atoms with E-state index < -0.39 is 54.5 Å². The first kappa shape index (κ1) is 25.3. The monoisotopic (exact) mass is 448 g/mol. The topological polar surface area (TPSA) is 162 Å². The van der Waals surface area contributed by atoms with Crippen LogP contribution in [0.1, 0.15) is 32.3 Å². The number of aliphatic hydroxyl groups excluding tert-OH is 1. The number of likely N-dealkylation sites (tertiary alicyclic amines) is 1. The Morgan fingerprint density at radius 2 is 1.81 bits per heavy atom. The predicted molar refractivity (Wildman–Crippen MR) is 116 cm³/mol. The normalized spacial score (nSPS) is 18.7. The number of aliphatic carboxylic acids is 1. The van der Waals surface area contributed by atoms with Gasteiger partial charge in [-0.25, -0.2) is 4.79 Å². The van der Waals surface area contributed by atoms with E-state index in [1.54, 1.807) is 38.1 Å². The standard InChI is InChI=1S/C22H32N4O6/c1-13(2)18(25-19(28)15(23)12-27)21(30)26-10-6-9-17(26)20(29)24-16(22(31)32)11-14-7-4-3-5-8-14/h3-5,7-8,13,15-18,27H,6,9-12,23H2,1-2H3,(H,24,29)(H,25,28)(H,31,32). The molecule has 4 unspecified atom stereocenters. The molecule has 32 heavy (non-hydrogen) atoms. The average Bonchev–Trinajstić information content (AvgIpc) is 3.26. The van der Waals surface area contributed by atoms with E-state index in [9.17, 15) is 24.3 Å². The van der Waals surface area contributed by atoms with Crippen molar-refractivity contribution in [3.8, 4) is 0 Å². The summed E-state index contributed by atoms with van der Waals surface area (Å²) in [5.74, 6) is -3.09. The summed E-state index contributed by atoms with van der Waals surface area (Å²) in [7, 11) is 0. The molecule has 1 saturated heterocycles. The number of carboxylic acids is 1. The Balaban J connectivity index is 2.11. The summed E-state index contributed by atoms with van der Waals surface area (Å²) in [5.41, 5.74) is 6.30. The van der Waals surface area contributed by atoms with E-state index in [-0.39, 0.29) is 12.3 Å². The minimum atomic E-state index is -1.16. The van der Waals surface area contributed by atoms with Crippen molar-refractivity contribution in [1.82, 2.24) is 15.5 Å². The molecule has 3 amide bonds. The summed E-state index contributed by atoms with van der Waals surface area (Å²) < 4.78 is 0. The third-order valence-corrected chi connectivity index (χ3v) is 5.50. The van der Waals surface area contributed by atoms with E-state index >= 15 is 0 Å². The second-order valence-electron chi connectivity index (χ2n) is 8.30. The molecule has 1 aromatic rings. The van der Waals surface area contributed by atoms with Crippen LogP contribution in [-0.2, 0) is 25.6 Å². The number of rotatable bonds is 10. The Kier molecular flexibility index (Phi) is 9.15. The maximum atomic E-state index is 13.2. The van der Waals surface area contributed by atoms with Crippen LogP contribution in [0, 0.1) is 5.92 Å². The fraction of sp³-hybridized carbons (Fsp3) is 0.545. The average molecular weight is 449 g/mol. The van der Waals surface area contributed by atoms with Crippen molar-refractivity contribution < 1.29 is 29.4 Å². The Morgan fingerprint density at radius 3 is 2.38 bits per heavy atom. The highest BCUT2D eigenvalue weighted by Crippen LogP contribution is 2.21. The van der Waals surface area contributed by atoms with E-state index in [0.29, 0.717) is 19.4 Å².